The zero-order valence-electron chi connectivity index (χ0n) is 8.85. The van der Waals surface area contributed by atoms with Crippen molar-refractivity contribution in [3.63, 3.8) is 0 Å². The molecule has 0 saturated carbocycles. The van der Waals surface area contributed by atoms with Gasteiger partial charge in [-0.25, -0.2) is 0 Å². The highest BCUT2D eigenvalue weighted by Gasteiger charge is 2.09. The van der Waals surface area contributed by atoms with Gasteiger partial charge in [-0.15, -0.1) is 0 Å². The van der Waals surface area contributed by atoms with Crippen LogP contribution in [0.2, 0.25) is 0 Å². The van der Waals surface area contributed by atoms with Gasteiger partial charge in [0.15, 0.2) is 0 Å². The first-order valence-electron chi connectivity index (χ1n) is 4.90. The molecule has 1 aromatic carbocycles. The molecule has 0 amide bonds. The van der Waals surface area contributed by atoms with Crippen molar-refractivity contribution in [1.82, 2.24) is 4.98 Å². The summed E-state index contributed by atoms with van der Waals surface area (Å²) in [6.07, 6.45) is 1.64. The maximum absolute atomic E-state index is 7.49. The van der Waals surface area contributed by atoms with Crippen LogP contribution in [0.3, 0.4) is 0 Å². The van der Waals surface area contributed by atoms with Crippen LogP contribution in [-0.4, -0.2) is 10.8 Å². The topological polar surface area (TPSA) is 62.8 Å². The number of nitrogens with one attached hydrogen (secondary N) is 1. The van der Waals surface area contributed by atoms with Crippen molar-refractivity contribution in [2.75, 3.05) is 0 Å². The number of aromatic nitrogens is 1. The third-order valence-corrected chi connectivity index (χ3v) is 4.16. The predicted octanol–water partition coefficient (Wildman–Crippen LogP) is 3.28. The van der Waals surface area contributed by atoms with Crippen LogP contribution >= 0.6 is 27.7 Å². The highest BCUT2D eigenvalue weighted by Crippen LogP contribution is 2.34. The Kier molecular flexibility index (Phi) is 3.81. The van der Waals surface area contributed by atoms with Crippen molar-refractivity contribution in [1.29, 1.82) is 5.41 Å². The normalized spacial score (nSPS) is 10.2. The van der Waals surface area contributed by atoms with Gasteiger partial charge in [0.25, 0.3) is 0 Å². The molecule has 0 bridgehead atoms. The van der Waals surface area contributed by atoms with Crippen LogP contribution in [0, 0.1) is 5.41 Å². The fourth-order valence-electron chi connectivity index (χ4n) is 1.32. The first-order chi connectivity index (χ1) is 8.18. The monoisotopic (exact) mass is 307 g/mol. The van der Waals surface area contributed by atoms with Gasteiger partial charge in [-0.2, -0.15) is 0 Å². The average molecular weight is 308 g/mol. The number of pyridine rings is 1. The van der Waals surface area contributed by atoms with E-state index in [1.807, 2.05) is 36.4 Å². The van der Waals surface area contributed by atoms with Crippen molar-refractivity contribution >= 4 is 33.5 Å². The van der Waals surface area contributed by atoms with Gasteiger partial charge in [-0.05, 0) is 40.2 Å². The fraction of sp³-hybridized carbons (Fsp3) is 0. The molecule has 0 unspecified atom stereocenters. The number of nitrogen functional groups attached to an aromatic ring is 1. The lowest BCUT2D eigenvalue weighted by atomic mass is 10.3. The summed E-state index contributed by atoms with van der Waals surface area (Å²) in [4.78, 5) is 6.07. The first kappa shape index (κ1) is 12.1. The molecule has 0 spiro atoms. The van der Waals surface area contributed by atoms with E-state index in [9.17, 15) is 0 Å². The van der Waals surface area contributed by atoms with Crippen molar-refractivity contribution in [2.45, 2.75) is 9.79 Å². The number of rotatable bonds is 3. The van der Waals surface area contributed by atoms with Crippen molar-refractivity contribution < 1.29 is 0 Å². The van der Waals surface area contributed by atoms with Crippen LogP contribution in [-0.2, 0) is 0 Å². The lowest BCUT2D eigenvalue weighted by Crippen LogP contribution is -2.14. The van der Waals surface area contributed by atoms with Gasteiger partial charge in [-0.1, -0.05) is 23.9 Å². The lowest BCUT2D eigenvalue weighted by molar-refractivity contribution is 1.17. The molecular weight excluding hydrogens is 298 g/mol. The van der Waals surface area contributed by atoms with Crippen LogP contribution in [0.5, 0.6) is 0 Å². The molecule has 17 heavy (non-hydrogen) atoms. The van der Waals surface area contributed by atoms with Gasteiger partial charge in [-0.3, -0.25) is 10.4 Å². The van der Waals surface area contributed by atoms with Crippen molar-refractivity contribution in [3.05, 3.63) is 52.8 Å². The zero-order chi connectivity index (χ0) is 12.3. The van der Waals surface area contributed by atoms with Crippen LogP contribution in [0.25, 0.3) is 0 Å². The Balaban J connectivity index is 2.37. The van der Waals surface area contributed by atoms with Gasteiger partial charge >= 0.3 is 0 Å². The van der Waals surface area contributed by atoms with E-state index >= 15 is 0 Å². The molecule has 0 fully saturated rings. The van der Waals surface area contributed by atoms with E-state index in [0.29, 0.717) is 5.69 Å². The molecule has 2 rings (SSSR count). The molecule has 1 heterocycles. The molecule has 1 aromatic heterocycles. The fourth-order valence-corrected chi connectivity index (χ4v) is 2.80. The number of nitrogens with two attached hydrogens (primary N) is 1. The molecule has 3 N–H and O–H groups in total. The Morgan fingerprint density at radius 3 is 2.59 bits per heavy atom. The summed E-state index contributed by atoms with van der Waals surface area (Å²) >= 11 is 5.03. The summed E-state index contributed by atoms with van der Waals surface area (Å²) in [7, 11) is 0. The molecule has 3 nitrogen and oxygen atoms in total. The van der Waals surface area contributed by atoms with E-state index in [0.717, 1.165) is 14.3 Å². The van der Waals surface area contributed by atoms with Gasteiger partial charge < -0.3 is 5.73 Å². The lowest BCUT2D eigenvalue weighted by Gasteiger charge is -2.07. The summed E-state index contributed by atoms with van der Waals surface area (Å²) < 4.78 is 1.02. The van der Waals surface area contributed by atoms with Crippen LogP contribution in [0.4, 0.5) is 0 Å². The van der Waals surface area contributed by atoms with Crippen LogP contribution in [0.1, 0.15) is 5.69 Å². The Morgan fingerprint density at radius 1 is 1.18 bits per heavy atom. The van der Waals surface area contributed by atoms with E-state index in [1.54, 1.807) is 6.20 Å². The third-order valence-electron chi connectivity index (χ3n) is 2.08. The second-order valence-corrected chi connectivity index (χ2v) is 5.23. The third kappa shape index (κ3) is 2.87. The minimum Gasteiger partial charge on any atom is -0.382 e. The maximum atomic E-state index is 7.49. The highest BCUT2D eigenvalue weighted by atomic mass is 79.9. The van der Waals surface area contributed by atoms with E-state index in [2.05, 4.69) is 20.9 Å². The Labute approximate surface area is 112 Å². The molecule has 5 heteroatoms. The SMILES string of the molecule is N=C(N)c1ncccc1Sc1ccccc1Br. The summed E-state index contributed by atoms with van der Waals surface area (Å²) in [6.45, 7) is 0. The van der Waals surface area contributed by atoms with Crippen LogP contribution < -0.4 is 5.73 Å². The molecule has 0 aliphatic rings. The smallest absolute Gasteiger partial charge is 0.142 e. The summed E-state index contributed by atoms with van der Waals surface area (Å²) in [5.41, 5.74) is 6.02. The van der Waals surface area contributed by atoms with Gasteiger partial charge in [0.2, 0.25) is 0 Å². The summed E-state index contributed by atoms with van der Waals surface area (Å²) in [6, 6.07) is 11.7. The maximum Gasteiger partial charge on any atom is 0.142 e. The number of hydrogen-bond acceptors (Lipinski definition) is 3. The van der Waals surface area contributed by atoms with Gasteiger partial charge in [0.05, 0.1) is 0 Å². The largest absolute Gasteiger partial charge is 0.382 e. The molecule has 0 atom stereocenters. The Bertz CT molecular complexity index is 557. The zero-order valence-corrected chi connectivity index (χ0v) is 11.3. The molecule has 0 aliphatic heterocycles. The van der Waals surface area contributed by atoms with E-state index in [4.69, 9.17) is 11.1 Å². The molecular formula is C12H10BrN3S. The Hall–Kier alpha value is -1.33. The average Bonchev–Trinajstić information content (AvgIpc) is 2.32. The number of nitrogens with zero attached hydrogens (tertiary/aromatic N) is 1. The second-order valence-electron chi connectivity index (χ2n) is 3.30. The molecule has 0 aliphatic carbocycles. The predicted molar refractivity (Wildman–Crippen MR) is 73.5 cm³/mol. The number of hydrogen-bond donors (Lipinski definition) is 2. The minimum atomic E-state index is -0.0137. The quantitative estimate of drug-likeness (QED) is 0.675. The first-order valence-corrected chi connectivity index (χ1v) is 6.51. The van der Waals surface area contributed by atoms with E-state index in [-0.39, 0.29) is 5.84 Å². The summed E-state index contributed by atoms with van der Waals surface area (Å²) in [5, 5.41) is 7.49. The van der Waals surface area contributed by atoms with Crippen molar-refractivity contribution in [3.8, 4) is 0 Å². The highest BCUT2D eigenvalue weighted by molar-refractivity contribution is 9.10. The number of halogens is 1. The molecule has 2 aromatic rings. The van der Waals surface area contributed by atoms with Crippen LogP contribution in [0.15, 0.2) is 56.9 Å². The van der Waals surface area contributed by atoms with Gasteiger partial charge in [0, 0.05) is 20.5 Å². The van der Waals surface area contributed by atoms with Crippen molar-refractivity contribution in [2.24, 2.45) is 5.73 Å². The molecule has 86 valence electrons. The number of benzene rings is 1. The summed E-state index contributed by atoms with van der Waals surface area (Å²) in [5.74, 6) is -0.0137. The molecule has 0 saturated heterocycles. The second kappa shape index (κ2) is 5.33. The minimum absolute atomic E-state index is 0.0137. The standard InChI is InChI=1S/C12H10BrN3S/c13-8-4-1-2-5-9(8)17-10-6-3-7-16-11(10)12(14)15/h1-7H,(H3,14,15). The molecule has 0 radical (unpaired) electrons. The van der Waals surface area contributed by atoms with E-state index < -0.39 is 0 Å². The Morgan fingerprint density at radius 2 is 1.88 bits per heavy atom. The number of amidine groups is 1. The van der Waals surface area contributed by atoms with Gasteiger partial charge in [0.1, 0.15) is 11.5 Å². The van der Waals surface area contributed by atoms with E-state index in [1.165, 1.54) is 11.8 Å².